The minimum absolute atomic E-state index is 0.0747. The van der Waals surface area contributed by atoms with Crippen molar-refractivity contribution < 1.29 is 9.47 Å². The summed E-state index contributed by atoms with van der Waals surface area (Å²) in [4.78, 5) is 0. The SMILES string of the molecule is CCCC1Oc2ccc(CC(C)C)cc2O1. The predicted octanol–water partition coefficient (Wildman–Crippen LogP) is 3.78. The lowest BCUT2D eigenvalue weighted by Gasteiger charge is -2.07. The van der Waals surface area contributed by atoms with Crippen LogP contribution in [0.4, 0.5) is 0 Å². The average Bonchev–Trinajstić information content (AvgIpc) is 2.59. The number of rotatable bonds is 4. The van der Waals surface area contributed by atoms with Crippen LogP contribution in [0, 0.1) is 5.92 Å². The molecule has 0 aromatic heterocycles. The van der Waals surface area contributed by atoms with Crippen LogP contribution in [0.5, 0.6) is 11.5 Å². The summed E-state index contributed by atoms with van der Waals surface area (Å²) in [7, 11) is 0. The zero-order valence-corrected chi connectivity index (χ0v) is 10.3. The fraction of sp³-hybridized carbons (Fsp3) is 0.571. The molecule has 1 heterocycles. The molecule has 2 heteroatoms. The Balaban J connectivity index is 2.08. The van der Waals surface area contributed by atoms with Gasteiger partial charge in [0.05, 0.1) is 0 Å². The van der Waals surface area contributed by atoms with Gasteiger partial charge in [-0.1, -0.05) is 26.8 Å². The summed E-state index contributed by atoms with van der Waals surface area (Å²) in [6.45, 7) is 6.59. The molecule has 2 nitrogen and oxygen atoms in total. The van der Waals surface area contributed by atoms with E-state index in [9.17, 15) is 0 Å². The molecule has 2 rings (SSSR count). The highest BCUT2D eigenvalue weighted by Gasteiger charge is 2.23. The van der Waals surface area contributed by atoms with Crippen LogP contribution in [-0.2, 0) is 6.42 Å². The molecule has 0 saturated heterocycles. The summed E-state index contributed by atoms with van der Waals surface area (Å²) in [6, 6.07) is 6.28. The Labute approximate surface area is 97.6 Å². The first-order valence-electron chi connectivity index (χ1n) is 6.15. The zero-order valence-electron chi connectivity index (χ0n) is 10.3. The molecule has 0 N–H and O–H groups in total. The van der Waals surface area contributed by atoms with Gasteiger partial charge in [0.1, 0.15) is 0 Å². The Kier molecular flexibility index (Phi) is 3.37. The average molecular weight is 220 g/mol. The second kappa shape index (κ2) is 4.77. The van der Waals surface area contributed by atoms with Crippen LogP contribution in [0.2, 0.25) is 0 Å². The molecule has 0 amide bonds. The summed E-state index contributed by atoms with van der Waals surface area (Å²) >= 11 is 0. The van der Waals surface area contributed by atoms with Crippen LogP contribution in [0.25, 0.3) is 0 Å². The third-order valence-corrected chi connectivity index (χ3v) is 2.69. The summed E-state index contributed by atoms with van der Waals surface area (Å²) in [5.74, 6) is 2.48. The largest absolute Gasteiger partial charge is 0.451 e. The Morgan fingerprint density at radius 3 is 2.62 bits per heavy atom. The molecular weight excluding hydrogens is 200 g/mol. The van der Waals surface area contributed by atoms with Gasteiger partial charge in [-0.05, 0) is 36.5 Å². The van der Waals surface area contributed by atoms with Crippen molar-refractivity contribution in [3.8, 4) is 11.5 Å². The number of hydrogen-bond acceptors (Lipinski definition) is 2. The van der Waals surface area contributed by atoms with Gasteiger partial charge in [0, 0.05) is 6.42 Å². The van der Waals surface area contributed by atoms with Crippen LogP contribution in [0.1, 0.15) is 39.2 Å². The smallest absolute Gasteiger partial charge is 0.241 e. The molecule has 0 aliphatic carbocycles. The molecule has 0 spiro atoms. The van der Waals surface area contributed by atoms with E-state index < -0.39 is 0 Å². The zero-order chi connectivity index (χ0) is 11.5. The van der Waals surface area contributed by atoms with Crippen molar-refractivity contribution in [2.24, 2.45) is 5.92 Å². The lowest BCUT2D eigenvalue weighted by molar-refractivity contribution is 0.0413. The first-order chi connectivity index (χ1) is 7.69. The van der Waals surface area contributed by atoms with Gasteiger partial charge < -0.3 is 9.47 Å². The monoisotopic (exact) mass is 220 g/mol. The Morgan fingerprint density at radius 1 is 1.19 bits per heavy atom. The standard InChI is InChI=1S/C14H20O2/c1-4-5-14-15-12-7-6-11(8-10(2)3)9-13(12)16-14/h6-7,9-10,14H,4-5,8H2,1-3H3. The van der Waals surface area contributed by atoms with Crippen molar-refractivity contribution in [1.82, 2.24) is 0 Å². The van der Waals surface area contributed by atoms with Gasteiger partial charge in [0.2, 0.25) is 6.29 Å². The van der Waals surface area contributed by atoms with E-state index in [1.807, 2.05) is 6.07 Å². The summed E-state index contributed by atoms with van der Waals surface area (Å²) in [6.07, 6.45) is 3.05. The second-order valence-electron chi connectivity index (χ2n) is 4.83. The highest BCUT2D eigenvalue weighted by Crippen LogP contribution is 2.36. The lowest BCUT2D eigenvalue weighted by atomic mass is 10.0. The fourth-order valence-electron chi connectivity index (χ4n) is 2.00. The van der Waals surface area contributed by atoms with Gasteiger partial charge in [-0.15, -0.1) is 0 Å². The number of fused-ring (bicyclic) bond motifs is 1. The van der Waals surface area contributed by atoms with E-state index in [1.165, 1.54) is 5.56 Å². The van der Waals surface area contributed by atoms with Gasteiger partial charge in [-0.2, -0.15) is 0 Å². The molecule has 1 aliphatic heterocycles. The Hall–Kier alpha value is -1.18. The molecule has 1 atom stereocenters. The summed E-state index contributed by atoms with van der Waals surface area (Å²) in [5.41, 5.74) is 1.33. The van der Waals surface area contributed by atoms with Gasteiger partial charge >= 0.3 is 0 Å². The van der Waals surface area contributed by atoms with E-state index in [4.69, 9.17) is 9.47 Å². The van der Waals surface area contributed by atoms with Crippen molar-refractivity contribution in [1.29, 1.82) is 0 Å². The van der Waals surface area contributed by atoms with E-state index in [0.29, 0.717) is 5.92 Å². The lowest BCUT2D eigenvalue weighted by Crippen LogP contribution is -2.16. The molecule has 16 heavy (non-hydrogen) atoms. The van der Waals surface area contributed by atoms with E-state index in [1.54, 1.807) is 0 Å². The molecule has 88 valence electrons. The van der Waals surface area contributed by atoms with Crippen LogP contribution in [0.15, 0.2) is 18.2 Å². The van der Waals surface area contributed by atoms with E-state index in [0.717, 1.165) is 30.8 Å². The highest BCUT2D eigenvalue weighted by molar-refractivity contribution is 5.45. The topological polar surface area (TPSA) is 18.5 Å². The highest BCUT2D eigenvalue weighted by atomic mass is 16.7. The van der Waals surface area contributed by atoms with E-state index in [2.05, 4.69) is 32.9 Å². The third kappa shape index (κ3) is 2.49. The van der Waals surface area contributed by atoms with Gasteiger partial charge in [-0.3, -0.25) is 0 Å². The van der Waals surface area contributed by atoms with Crippen molar-refractivity contribution in [3.63, 3.8) is 0 Å². The maximum Gasteiger partial charge on any atom is 0.241 e. The normalized spacial score (nSPS) is 18.1. The van der Waals surface area contributed by atoms with Crippen molar-refractivity contribution in [2.45, 2.75) is 46.3 Å². The van der Waals surface area contributed by atoms with Crippen LogP contribution >= 0.6 is 0 Å². The molecule has 0 fully saturated rings. The first-order valence-corrected chi connectivity index (χ1v) is 6.15. The number of benzene rings is 1. The summed E-state index contributed by atoms with van der Waals surface area (Å²) < 4.78 is 11.4. The quantitative estimate of drug-likeness (QED) is 0.768. The molecule has 0 radical (unpaired) electrons. The molecule has 1 aromatic carbocycles. The maximum absolute atomic E-state index is 5.75. The van der Waals surface area contributed by atoms with Crippen molar-refractivity contribution >= 4 is 0 Å². The van der Waals surface area contributed by atoms with Gasteiger partial charge in [0.25, 0.3) is 0 Å². The van der Waals surface area contributed by atoms with Crippen LogP contribution in [0.3, 0.4) is 0 Å². The minimum Gasteiger partial charge on any atom is -0.451 e. The molecular formula is C14H20O2. The molecule has 0 bridgehead atoms. The minimum atomic E-state index is -0.0747. The molecule has 1 unspecified atom stereocenters. The Bertz CT molecular complexity index is 358. The van der Waals surface area contributed by atoms with Crippen LogP contribution < -0.4 is 9.47 Å². The maximum atomic E-state index is 5.75. The third-order valence-electron chi connectivity index (χ3n) is 2.69. The van der Waals surface area contributed by atoms with Crippen LogP contribution in [-0.4, -0.2) is 6.29 Å². The molecule has 1 aromatic rings. The molecule has 0 saturated carbocycles. The van der Waals surface area contributed by atoms with Crippen molar-refractivity contribution in [2.75, 3.05) is 0 Å². The number of hydrogen-bond donors (Lipinski definition) is 0. The van der Waals surface area contributed by atoms with E-state index in [-0.39, 0.29) is 6.29 Å². The van der Waals surface area contributed by atoms with Crippen molar-refractivity contribution in [3.05, 3.63) is 23.8 Å². The fourth-order valence-corrected chi connectivity index (χ4v) is 2.00. The predicted molar refractivity (Wildman–Crippen MR) is 64.9 cm³/mol. The first kappa shape index (κ1) is 11.3. The molecule has 1 aliphatic rings. The summed E-state index contributed by atoms with van der Waals surface area (Å²) in [5, 5.41) is 0. The Morgan fingerprint density at radius 2 is 1.94 bits per heavy atom. The number of ether oxygens (including phenoxy) is 2. The van der Waals surface area contributed by atoms with Gasteiger partial charge in [-0.25, -0.2) is 0 Å². The second-order valence-corrected chi connectivity index (χ2v) is 4.83. The van der Waals surface area contributed by atoms with Gasteiger partial charge in [0.15, 0.2) is 11.5 Å². The van der Waals surface area contributed by atoms with E-state index >= 15 is 0 Å².